The number of carbonyl (C=O) groups is 1. The molecular formula is C18H12ClF3N2O2. The van der Waals surface area contributed by atoms with Crippen LogP contribution >= 0.6 is 11.6 Å². The van der Waals surface area contributed by atoms with Crippen LogP contribution in [0.3, 0.4) is 0 Å². The minimum Gasteiger partial charge on any atom is -0.444 e. The predicted octanol–water partition coefficient (Wildman–Crippen LogP) is 5.57. The molecule has 0 saturated heterocycles. The molecule has 0 aliphatic heterocycles. The number of alkyl halides is 3. The van der Waals surface area contributed by atoms with E-state index in [0.717, 1.165) is 18.4 Å². The van der Waals surface area contributed by atoms with E-state index in [1.807, 2.05) is 0 Å². The number of anilines is 1. The number of benzene rings is 2. The summed E-state index contributed by atoms with van der Waals surface area (Å²) >= 11 is 6.01. The summed E-state index contributed by atoms with van der Waals surface area (Å²) in [5, 5.41) is 3.17. The number of nitrogens with zero attached hydrogens (tertiary/aromatic N) is 1. The third kappa shape index (κ3) is 3.72. The molecule has 0 unspecified atom stereocenters. The Kier molecular flexibility index (Phi) is 4.73. The highest BCUT2D eigenvalue weighted by Crippen LogP contribution is 2.31. The predicted molar refractivity (Wildman–Crippen MR) is 91.1 cm³/mol. The van der Waals surface area contributed by atoms with Crippen LogP contribution in [0.15, 0.2) is 53.1 Å². The van der Waals surface area contributed by atoms with Crippen LogP contribution in [0, 0.1) is 6.92 Å². The molecule has 2 aromatic carbocycles. The van der Waals surface area contributed by atoms with Crippen LogP contribution in [0.1, 0.15) is 21.6 Å². The van der Waals surface area contributed by atoms with Crippen molar-refractivity contribution < 1.29 is 22.4 Å². The molecular weight excluding hydrogens is 369 g/mol. The maximum Gasteiger partial charge on any atom is 0.416 e. The zero-order valence-electron chi connectivity index (χ0n) is 13.4. The van der Waals surface area contributed by atoms with Crippen molar-refractivity contribution in [2.45, 2.75) is 13.1 Å². The molecule has 1 aromatic heterocycles. The highest BCUT2D eigenvalue weighted by molar-refractivity contribution is 6.31. The van der Waals surface area contributed by atoms with Gasteiger partial charge in [0.05, 0.1) is 5.56 Å². The van der Waals surface area contributed by atoms with E-state index in [1.54, 1.807) is 25.1 Å². The van der Waals surface area contributed by atoms with Crippen LogP contribution in [0.2, 0.25) is 5.02 Å². The van der Waals surface area contributed by atoms with Crippen molar-refractivity contribution in [1.29, 1.82) is 0 Å². The smallest absolute Gasteiger partial charge is 0.416 e. The normalized spacial score (nSPS) is 11.4. The first-order valence-electron chi connectivity index (χ1n) is 7.45. The average molecular weight is 381 g/mol. The third-order valence-corrected chi connectivity index (χ3v) is 4.12. The maximum atomic E-state index is 12.6. The van der Waals surface area contributed by atoms with Gasteiger partial charge in [-0.15, -0.1) is 0 Å². The van der Waals surface area contributed by atoms with Crippen molar-refractivity contribution >= 4 is 23.2 Å². The Morgan fingerprint density at radius 1 is 1.15 bits per heavy atom. The van der Waals surface area contributed by atoms with Gasteiger partial charge in [0.15, 0.2) is 5.69 Å². The van der Waals surface area contributed by atoms with Crippen molar-refractivity contribution in [3.05, 3.63) is 70.6 Å². The van der Waals surface area contributed by atoms with Gasteiger partial charge in [0.1, 0.15) is 6.26 Å². The minimum atomic E-state index is -4.42. The van der Waals surface area contributed by atoms with Crippen molar-refractivity contribution in [3.8, 4) is 11.5 Å². The molecule has 0 spiro atoms. The average Bonchev–Trinajstić information content (AvgIpc) is 3.08. The lowest BCUT2D eigenvalue weighted by Crippen LogP contribution is -2.13. The number of hydrogen-bond acceptors (Lipinski definition) is 3. The molecule has 0 atom stereocenters. The first-order valence-corrected chi connectivity index (χ1v) is 7.83. The second-order valence-electron chi connectivity index (χ2n) is 5.48. The molecule has 0 saturated carbocycles. The molecule has 4 nitrogen and oxygen atoms in total. The molecule has 0 bridgehead atoms. The Balaban J connectivity index is 1.79. The topological polar surface area (TPSA) is 55.1 Å². The Hall–Kier alpha value is -2.80. The number of oxazole rings is 1. The fraction of sp³-hybridized carbons (Fsp3) is 0.111. The summed E-state index contributed by atoms with van der Waals surface area (Å²) in [6.07, 6.45) is -3.28. The van der Waals surface area contributed by atoms with Gasteiger partial charge in [-0.05, 0) is 48.9 Å². The molecule has 0 aliphatic carbocycles. The van der Waals surface area contributed by atoms with Crippen LogP contribution in [-0.4, -0.2) is 10.9 Å². The number of nitrogens with one attached hydrogen (secondary N) is 1. The number of aromatic nitrogens is 1. The van der Waals surface area contributed by atoms with Gasteiger partial charge >= 0.3 is 6.18 Å². The van der Waals surface area contributed by atoms with Crippen molar-refractivity contribution in [2.75, 3.05) is 5.32 Å². The SMILES string of the molecule is Cc1c(Cl)cccc1NC(=O)c1coc(-c2ccc(C(F)(F)F)cc2)n1. The fourth-order valence-corrected chi connectivity index (χ4v) is 2.42. The first kappa shape index (κ1) is 18.0. The van der Waals surface area contributed by atoms with Gasteiger partial charge in [-0.1, -0.05) is 17.7 Å². The van der Waals surface area contributed by atoms with Gasteiger partial charge in [-0.25, -0.2) is 4.98 Å². The Morgan fingerprint density at radius 2 is 1.85 bits per heavy atom. The number of amides is 1. The molecule has 134 valence electrons. The minimum absolute atomic E-state index is 0.000673. The van der Waals surface area contributed by atoms with Gasteiger partial charge in [0.25, 0.3) is 5.91 Å². The molecule has 26 heavy (non-hydrogen) atoms. The van der Waals surface area contributed by atoms with Gasteiger partial charge in [-0.3, -0.25) is 4.79 Å². The van der Waals surface area contributed by atoms with E-state index in [-0.39, 0.29) is 11.6 Å². The largest absolute Gasteiger partial charge is 0.444 e. The molecule has 0 fully saturated rings. The quantitative estimate of drug-likeness (QED) is 0.645. The molecule has 1 heterocycles. The van der Waals surface area contributed by atoms with Crippen LogP contribution in [0.25, 0.3) is 11.5 Å². The van der Waals surface area contributed by atoms with E-state index in [2.05, 4.69) is 10.3 Å². The number of carbonyl (C=O) groups excluding carboxylic acids is 1. The lowest BCUT2D eigenvalue weighted by atomic mass is 10.1. The van der Waals surface area contributed by atoms with Crippen LogP contribution in [-0.2, 0) is 6.18 Å². The molecule has 0 radical (unpaired) electrons. The summed E-state index contributed by atoms with van der Waals surface area (Å²) in [5.41, 5.74) is 0.785. The number of halogens is 4. The standard InChI is InChI=1S/C18H12ClF3N2O2/c1-10-13(19)3-2-4-14(10)23-16(25)15-9-26-17(24-15)11-5-7-12(8-6-11)18(20,21)22/h2-9H,1H3,(H,23,25). The van der Waals surface area contributed by atoms with Gasteiger partial charge < -0.3 is 9.73 Å². The maximum absolute atomic E-state index is 12.6. The lowest BCUT2D eigenvalue weighted by Gasteiger charge is -2.07. The van der Waals surface area contributed by atoms with E-state index >= 15 is 0 Å². The molecule has 1 N–H and O–H groups in total. The monoisotopic (exact) mass is 380 g/mol. The highest BCUT2D eigenvalue weighted by Gasteiger charge is 2.30. The van der Waals surface area contributed by atoms with E-state index in [1.165, 1.54) is 12.1 Å². The summed E-state index contributed by atoms with van der Waals surface area (Å²) in [5.74, 6) is -0.469. The zero-order valence-corrected chi connectivity index (χ0v) is 14.2. The van der Waals surface area contributed by atoms with Crippen LogP contribution < -0.4 is 5.32 Å². The Morgan fingerprint density at radius 3 is 2.50 bits per heavy atom. The van der Waals surface area contributed by atoms with E-state index < -0.39 is 17.6 Å². The van der Waals surface area contributed by atoms with Crippen molar-refractivity contribution in [1.82, 2.24) is 4.98 Å². The summed E-state index contributed by atoms with van der Waals surface area (Å²) in [7, 11) is 0. The van der Waals surface area contributed by atoms with Crippen molar-refractivity contribution in [2.24, 2.45) is 0 Å². The number of rotatable bonds is 3. The fourth-order valence-electron chi connectivity index (χ4n) is 2.24. The molecule has 1 amide bonds. The number of hydrogen-bond donors (Lipinski definition) is 1. The molecule has 3 aromatic rings. The van der Waals surface area contributed by atoms with Crippen LogP contribution in [0.5, 0.6) is 0 Å². The molecule has 0 aliphatic rings. The Labute approximate surface area is 151 Å². The summed E-state index contributed by atoms with van der Waals surface area (Å²) in [6, 6.07) is 9.40. The van der Waals surface area contributed by atoms with Crippen molar-refractivity contribution in [3.63, 3.8) is 0 Å². The second-order valence-corrected chi connectivity index (χ2v) is 5.89. The van der Waals surface area contributed by atoms with Gasteiger partial charge in [0.2, 0.25) is 5.89 Å². The summed E-state index contributed by atoms with van der Waals surface area (Å²) in [6.45, 7) is 1.76. The molecule has 3 rings (SSSR count). The van der Waals surface area contributed by atoms with Gasteiger partial charge in [-0.2, -0.15) is 13.2 Å². The summed E-state index contributed by atoms with van der Waals surface area (Å²) in [4.78, 5) is 16.3. The Bertz CT molecular complexity index is 950. The van der Waals surface area contributed by atoms with E-state index in [0.29, 0.717) is 21.8 Å². The third-order valence-electron chi connectivity index (χ3n) is 3.71. The van der Waals surface area contributed by atoms with Gasteiger partial charge in [0, 0.05) is 16.3 Å². The first-order chi connectivity index (χ1) is 12.3. The lowest BCUT2D eigenvalue weighted by molar-refractivity contribution is -0.137. The highest BCUT2D eigenvalue weighted by atomic mass is 35.5. The van der Waals surface area contributed by atoms with E-state index in [4.69, 9.17) is 16.0 Å². The summed E-state index contributed by atoms with van der Waals surface area (Å²) < 4.78 is 43.0. The van der Waals surface area contributed by atoms with Crippen LogP contribution in [0.4, 0.5) is 18.9 Å². The zero-order chi connectivity index (χ0) is 18.9. The molecule has 8 heteroatoms. The second kappa shape index (κ2) is 6.84. The van der Waals surface area contributed by atoms with E-state index in [9.17, 15) is 18.0 Å².